The van der Waals surface area contributed by atoms with E-state index in [-0.39, 0.29) is 11.5 Å². The quantitative estimate of drug-likeness (QED) is 0.341. The molecule has 0 aliphatic heterocycles. The van der Waals surface area contributed by atoms with E-state index in [1.54, 1.807) is 13.8 Å². The van der Waals surface area contributed by atoms with Gasteiger partial charge < -0.3 is 9.47 Å². The standard InChI is InChI=1S/C12H13FN2O7/c1-3-7(2)9-4-8(14(17)18)5-10(15(19)20)11(9)22-12(16)21-6-13/h4-5,7H,3,6H2,1-2H3. The molecule has 0 amide bonds. The van der Waals surface area contributed by atoms with Crippen LogP contribution in [0.2, 0.25) is 0 Å². The van der Waals surface area contributed by atoms with Crippen LogP contribution in [-0.4, -0.2) is 22.9 Å². The maximum Gasteiger partial charge on any atom is 0.516 e. The maximum atomic E-state index is 12.0. The fourth-order valence-electron chi connectivity index (χ4n) is 1.72. The summed E-state index contributed by atoms with van der Waals surface area (Å²) in [7, 11) is 0. The van der Waals surface area contributed by atoms with Crippen molar-refractivity contribution in [2.24, 2.45) is 0 Å². The summed E-state index contributed by atoms with van der Waals surface area (Å²) in [5.74, 6) is -0.852. The van der Waals surface area contributed by atoms with Gasteiger partial charge in [0.15, 0.2) is 0 Å². The molecule has 0 aliphatic rings. The van der Waals surface area contributed by atoms with Crippen LogP contribution in [0.5, 0.6) is 5.75 Å². The summed E-state index contributed by atoms with van der Waals surface area (Å²) < 4.78 is 20.6. The van der Waals surface area contributed by atoms with Crippen LogP contribution in [0.15, 0.2) is 12.1 Å². The molecule has 0 spiro atoms. The molecule has 1 rings (SSSR count). The third kappa shape index (κ3) is 3.87. The number of rotatable bonds is 6. The second kappa shape index (κ2) is 7.29. The number of benzene rings is 1. The molecule has 0 radical (unpaired) electrons. The number of ether oxygens (including phenoxy) is 2. The fraction of sp³-hybridized carbons (Fsp3) is 0.417. The number of hydrogen-bond donors (Lipinski definition) is 0. The van der Waals surface area contributed by atoms with E-state index < -0.39 is 40.0 Å². The van der Waals surface area contributed by atoms with Crippen molar-refractivity contribution in [3.63, 3.8) is 0 Å². The minimum absolute atomic E-state index is 0.0965. The van der Waals surface area contributed by atoms with E-state index in [2.05, 4.69) is 9.47 Å². The first-order valence-electron chi connectivity index (χ1n) is 6.19. The molecular weight excluding hydrogens is 303 g/mol. The molecule has 1 unspecified atom stereocenters. The van der Waals surface area contributed by atoms with Crippen molar-refractivity contribution >= 4 is 17.5 Å². The number of nitrogens with zero attached hydrogens (tertiary/aromatic N) is 2. The molecule has 120 valence electrons. The first-order valence-corrected chi connectivity index (χ1v) is 6.19. The summed E-state index contributed by atoms with van der Waals surface area (Å²) in [5, 5.41) is 22.0. The molecule has 0 fully saturated rings. The molecule has 0 saturated heterocycles. The molecule has 9 nitrogen and oxygen atoms in total. The molecule has 22 heavy (non-hydrogen) atoms. The Balaban J connectivity index is 3.50. The Morgan fingerprint density at radius 1 is 1.32 bits per heavy atom. The highest BCUT2D eigenvalue weighted by Crippen LogP contribution is 2.40. The van der Waals surface area contributed by atoms with Gasteiger partial charge in [0, 0.05) is 11.6 Å². The highest BCUT2D eigenvalue weighted by molar-refractivity contribution is 5.69. The predicted octanol–water partition coefficient (Wildman–Crippen LogP) is 3.46. The van der Waals surface area contributed by atoms with Gasteiger partial charge in [0.25, 0.3) is 5.69 Å². The number of halogens is 1. The zero-order valence-corrected chi connectivity index (χ0v) is 11.8. The second-order valence-corrected chi connectivity index (χ2v) is 4.31. The Bertz CT molecular complexity index is 605. The first-order chi connectivity index (χ1) is 10.3. The van der Waals surface area contributed by atoms with Gasteiger partial charge in [0.1, 0.15) is 0 Å². The largest absolute Gasteiger partial charge is 0.516 e. The van der Waals surface area contributed by atoms with Crippen molar-refractivity contribution in [3.05, 3.63) is 37.9 Å². The van der Waals surface area contributed by atoms with E-state index in [1.165, 1.54) is 0 Å². The number of carbonyl (C=O) groups is 1. The lowest BCUT2D eigenvalue weighted by molar-refractivity contribution is -0.394. The number of nitro benzene ring substituents is 2. The normalized spacial score (nSPS) is 11.6. The summed E-state index contributed by atoms with van der Waals surface area (Å²) in [4.78, 5) is 31.5. The summed E-state index contributed by atoms with van der Waals surface area (Å²) in [6.07, 6.45) is -0.990. The third-order valence-electron chi connectivity index (χ3n) is 2.99. The molecule has 1 aromatic rings. The van der Waals surface area contributed by atoms with E-state index in [9.17, 15) is 29.4 Å². The molecule has 10 heteroatoms. The van der Waals surface area contributed by atoms with Crippen LogP contribution >= 0.6 is 0 Å². The lowest BCUT2D eigenvalue weighted by atomic mass is 9.96. The Kier molecular flexibility index (Phi) is 5.72. The molecule has 0 heterocycles. The molecule has 0 saturated carbocycles. The van der Waals surface area contributed by atoms with Gasteiger partial charge in [0.2, 0.25) is 12.6 Å². The molecule has 0 bridgehead atoms. The minimum atomic E-state index is -1.47. The topological polar surface area (TPSA) is 122 Å². The smallest absolute Gasteiger partial charge is 0.402 e. The Morgan fingerprint density at radius 3 is 2.41 bits per heavy atom. The maximum absolute atomic E-state index is 12.0. The predicted molar refractivity (Wildman–Crippen MR) is 71.5 cm³/mol. The number of nitro groups is 2. The van der Waals surface area contributed by atoms with Crippen molar-refractivity contribution in [3.8, 4) is 5.75 Å². The molecule has 1 aromatic carbocycles. The van der Waals surface area contributed by atoms with E-state index in [0.29, 0.717) is 12.5 Å². The highest BCUT2D eigenvalue weighted by atomic mass is 19.1. The van der Waals surface area contributed by atoms with Crippen molar-refractivity contribution < 1.29 is 28.5 Å². The average molecular weight is 316 g/mol. The lowest BCUT2D eigenvalue weighted by Crippen LogP contribution is -2.13. The second-order valence-electron chi connectivity index (χ2n) is 4.31. The van der Waals surface area contributed by atoms with E-state index in [4.69, 9.17) is 0 Å². The van der Waals surface area contributed by atoms with Gasteiger partial charge in [-0.15, -0.1) is 0 Å². The van der Waals surface area contributed by atoms with Gasteiger partial charge in [-0.1, -0.05) is 13.8 Å². The lowest BCUT2D eigenvalue weighted by Gasteiger charge is -2.14. The molecule has 1 atom stereocenters. The van der Waals surface area contributed by atoms with Crippen LogP contribution in [0, 0.1) is 20.2 Å². The minimum Gasteiger partial charge on any atom is -0.402 e. The van der Waals surface area contributed by atoms with Crippen LogP contribution in [0.25, 0.3) is 0 Å². The molecule has 0 aliphatic carbocycles. The first kappa shape index (κ1) is 17.3. The summed E-state index contributed by atoms with van der Waals surface area (Å²) in [6, 6.07) is 1.75. The third-order valence-corrected chi connectivity index (χ3v) is 2.99. The van der Waals surface area contributed by atoms with Gasteiger partial charge in [0.05, 0.1) is 15.9 Å². The van der Waals surface area contributed by atoms with E-state index >= 15 is 0 Å². The molecule has 0 aromatic heterocycles. The monoisotopic (exact) mass is 316 g/mol. The van der Waals surface area contributed by atoms with Crippen LogP contribution < -0.4 is 4.74 Å². The fourth-order valence-corrected chi connectivity index (χ4v) is 1.72. The number of non-ortho nitro benzene ring substituents is 1. The van der Waals surface area contributed by atoms with Gasteiger partial charge in [-0.2, -0.15) is 0 Å². The van der Waals surface area contributed by atoms with E-state index in [0.717, 1.165) is 6.07 Å². The van der Waals surface area contributed by atoms with Crippen molar-refractivity contribution in [1.82, 2.24) is 0 Å². The Labute approximate surface area is 123 Å². The van der Waals surface area contributed by atoms with Gasteiger partial charge >= 0.3 is 11.8 Å². The number of alkyl halides is 1. The van der Waals surface area contributed by atoms with Crippen LogP contribution in [0.1, 0.15) is 31.7 Å². The van der Waals surface area contributed by atoms with Gasteiger partial charge in [-0.05, 0) is 12.3 Å². The number of hydrogen-bond acceptors (Lipinski definition) is 7. The molecular formula is C12H13FN2O7. The van der Waals surface area contributed by atoms with Gasteiger partial charge in [-0.3, -0.25) is 20.2 Å². The highest BCUT2D eigenvalue weighted by Gasteiger charge is 2.29. The summed E-state index contributed by atoms with van der Waals surface area (Å²) in [6.45, 7) is 1.94. The van der Waals surface area contributed by atoms with Crippen molar-refractivity contribution in [2.75, 3.05) is 6.86 Å². The number of carbonyl (C=O) groups excluding carboxylic acids is 1. The van der Waals surface area contributed by atoms with Crippen molar-refractivity contribution in [1.29, 1.82) is 0 Å². The van der Waals surface area contributed by atoms with E-state index in [1.807, 2.05) is 0 Å². The average Bonchev–Trinajstić information content (AvgIpc) is 2.46. The summed E-state index contributed by atoms with van der Waals surface area (Å²) in [5.41, 5.74) is -1.17. The molecule has 0 N–H and O–H groups in total. The van der Waals surface area contributed by atoms with Crippen LogP contribution in [-0.2, 0) is 4.74 Å². The zero-order chi connectivity index (χ0) is 16.9. The van der Waals surface area contributed by atoms with Crippen LogP contribution in [0.4, 0.5) is 20.6 Å². The summed E-state index contributed by atoms with van der Waals surface area (Å²) >= 11 is 0. The Morgan fingerprint density at radius 2 is 1.95 bits per heavy atom. The van der Waals surface area contributed by atoms with Crippen LogP contribution in [0.3, 0.4) is 0 Å². The van der Waals surface area contributed by atoms with Crippen molar-refractivity contribution in [2.45, 2.75) is 26.2 Å². The zero-order valence-electron chi connectivity index (χ0n) is 11.8. The SMILES string of the molecule is CCC(C)c1cc([N+](=O)[O-])cc([N+](=O)[O-])c1OC(=O)OCF. The van der Waals surface area contributed by atoms with Gasteiger partial charge in [-0.25, -0.2) is 9.18 Å². The Hall–Kier alpha value is -2.78.